The molecule has 86 heavy (non-hydrogen) atoms. The summed E-state index contributed by atoms with van der Waals surface area (Å²) in [5.41, 5.74) is 25.8. The highest BCUT2D eigenvalue weighted by molar-refractivity contribution is 6.45. The predicted molar refractivity (Wildman–Crippen MR) is 367 cm³/mol. The van der Waals surface area contributed by atoms with Gasteiger partial charge in [-0.05, 0) is 137 Å². The van der Waals surface area contributed by atoms with Crippen LogP contribution in [0, 0.1) is 0 Å². The van der Waals surface area contributed by atoms with Crippen molar-refractivity contribution < 1.29 is 8.83 Å². The molecule has 17 aromatic rings. The van der Waals surface area contributed by atoms with Gasteiger partial charge in [0.1, 0.15) is 22.3 Å². The Hall–Kier alpha value is -9.38. The van der Waals surface area contributed by atoms with Gasteiger partial charge in [0.25, 0.3) is 0 Å². The molecule has 0 bridgehead atoms. The fourth-order valence-electron chi connectivity index (χ4n) is 14.7. The summed E-state index contributed by atoms with van der Waals surface area (Å²) in [5.74, 6) is 0. The maximum atomic E-state index is 6.53. The zero-order chi connectivity index (χ0) is 58.8. The molecule has 4 nitrogen and oxygen atoms in total. The number of furan rings is 2. The summed E-state index contributed by atoms with van der Waals surface area (Å²) in [4.78, 5) is 0. The number of fused-ring (bicyclic) bond motifs is 20. The van der Waals surface area contributed by atoms with E-state index in [0.717, 1.165) is 55.0 Å². The van der Waals surface area contributed by atoms with Crippen molar-refractivity contribution in [1.29, 1.82) is 0 Å². The number of rotatable bonds is 4. The van der Waals surface area contributed by atoms with Gasteiger partial charge in [-0.1, -0.05) is 229 Å². The zero-order valence-electron chi connectivity index (χ0n) is 51.2. The van der Waals surface area contributed by atoms with Crippen LogP contribution in [0.25, 0.3) is 165 Å². The van der Waals surface area contributed by atoms with Crippen molar-refractivity contribution in [2.45, 2.75) is 105 Å². The first-order valence-electron chi connectivity index (χ1n) is 30.7. The Bertz CT molecular complexity index is 5320. The first kappa shape index (κ1) is 51.1. The molecule has 0 aliphatic heterocycles. The van der Waals surface area contributed by atoms with Gasteiger partial charge in [0.05, 0.1) is 33.1 Å². The maximum Gasteiger partial charge on any atom is 0.136 e. The van der Waals surface area contributed by atoms with Gasteiger partial charge in [0.2, 0.25) is 0 Å². The number of benzene rings is 11. The highest BCUT2D eigenvalue weighted by Crippen LogP contribution is 2.54. The van der Waals surface area contributed by atoms with Crippen LogP contribution in [-0.2, 0) is 21.7 Å². The predicted octanol–water partition coefficient (Wildman–Crippen LogP) is 23.6. The van der Waals surface area contributed by atoms with E-state index in [4.69, 9.17) is 8.83 Å². The van der Waals surface area contributed by atoms with E-state index in [9.17, 15) is 0 Å². The minimum absolute atomic E-state index is 0.0309. The average Bonchev–Trinajstić information content (AvgIpc) is 1.51. The largest absolute Gasteiger partial charge is 0.456 e. The third-order valence-electron chi connectivity index (χ3n) is 19.4. The number of hydrogen-bond acceptors (Lipinski definition) is 2. The van der Waals surface area contributed by atoms with E-state index < -0.39 is 0 Å². The van der Waals surface area contributed by atoms with Crippen molar-refractivity contribution in [1.82, 2.24) is 8.80 Å². The lowest BCUT2D eigenvalue weighted by molar-refractivity contribution is 0.568. The summed E-state index contributed by atoms with van der Waals surface area (Å²) >= 11 is 0. The highest BCUT2D eigenvalue weighted by atomic mass is 16.3. The van der Waals surface area contributed by atoms with Crippen molar-refractivity contribution in [3.8, 4) is 44.5 Å². The van der Waals surface area contributed by atoms with Crippen LogP contribution in [0.2, 0.25) is 0 Å². The van der Waals surface area contributed by atoms with Crippen LogP contribution < -0.4 is 0 Å². The third-order valence-corrected chi connectivity index (χ3v) is 19.4. The molecule has 0 radical (unpaired) electrons. The van der Waals surface area contributed by atoms with Crippen molar-refractivity contribution in [2.24, 2.45) is 0 Å². The zero-order valence-corrected chi connectivity index (χ0v) is 51.2. The van der Waals surface area contributed by atoms with E-state index in [1.165, 1.54) is 132 Å². The normalized spacial score (nSPS) is 13.3. The van der Waals surface area contributed by atoms with E-state index in [0.29, 0.717) is 0 Å². The van der Waals surface area contributed by atoms with Crippen molar-refractivity contribution in [2.75, 3.05) is 0 Å². The van der Waals surface area contributed by atoms with Gasteiger partial charge in [0, 0.05) is 64.6 Å². The van der Waals surface area contributed by atoms with Gasteiger partial charge in [-0.3, -0.25) is 0 Å². The molecule has 0 amide bonds. The Morgan fingerprint density at radius 3 is 0.884 bits per heavy atom. The smallest absolute Gasteiger partial charge is 0.136 e. The van der Waals surface area contributed by atoms with Gasteiger partial charge in [-0.15, -0.1) is 0 Å². The summed E-state index contributed by atoms with van der Waals surface area (Å²) in [5, 5.41) is 14.7. The molecule has 0 spiro atoms. The van der Waals surface area contributed by atoms with Crippen LogP contribution in [0.4, 0.5) is 0 Å². The molecule has 418 valence electrons. The first-order chi connectivity index (χ1) is 41.2. The van der Waals surface area contributed by atoms with Gasteiger partial charge < -0.3 is 17.6 Å². The van der Waals surface area contributed by atoms with Crippen LogP contribution in [0.5, 0.6) is 0 Å². The first-order valence-corrected chi connectivity index (χ1v) is 30.7. The summed E-state index contributed by atoms with van der Waals surface area (Å²) in [6.45, 7) is 28.0. The van der Waals surface area contributed by atoms with Crippen LogP contribution in [0.3, 0.4) is 0 Å². The topological polar surface area (TPSA) is 35.1 Å². The Morgan fingerprint density at radius 2 is 0.547 bits per heavy atom. The maximum absolute atomic E-state index is 6.53. The molecule has 0 saturated carbocycles. The molecule has 17 rings (SSSR count). The molecule has 0 fully saturated rings. The molecule has 0 atom stereocenters. The minimum atomic E-state index is -0.0309. The third kappa shape index (κ3) is 7.22. The van der Waals surface area contributed by atoms with Gasteiger partial charge in [-0.25, -0.2) is 0 Å². The lowest BCUT2D eigenvalue weighted by Crippen LogP contribution is -2.16. The summed E-state index contributed by atoms with van der Waals surface area (Å²) < 4.78 is 18.4. The van der Waals surface area contributed by atoms with E-state index in [2.05, 4.69) is 286 Å². The number of aromatic nitrogens is 2. The van der Waals surface area contributed by atoms with E-state index in [-0.39, 0.29) is 21.7 Å². The summed E-state index contributed by atoms with van der Waals surface area (Å²) in [6, 6.07) is 73.8. The standard InChI is InChI=1S/C82H68N2O2/c1-79(2,3)51-35-49(36-52(43-51)80(4,5)6)45-27-31-57-63(39-45)83-65-41-47(55-21-17-25-69-71(55)61-19-13-15-23-67(61)85-69)29-33-59(65)76-74-58-32-28-46(50-37-53(81(7,8)9)44-54(38-50)82(10,11)12)40-64(58)84-66-42-48(30-34-60(66)75(78(74)84)73(57)77(76)83)56-22-18-26-70-72(56)62-20-14-16-24-68(62)86-70/h13-44H,1-12H3. The molecule has 6 aromatic heterocycles. The second-order valence-electron chi connectivity index (χ2n) is 28.9. The number of nitrogens with zero attached hydrogens (tertiary/aromatic N) is 2. The molecule has 11 aromatic carbocycles. The molecule has 0 N–H and O–H groups in total. The van der Waals surface area contributed by atoms with E-state index in [1.807, 2.05) is 0 Å². The Balaban J connectivity index is 1.03. The van der Waals surface area contributed by atoms with Crippen LogP contribution in [0.15, 0.2) is 203 Å². The van der Waals surface area contributed by atoms with E-state index in [1.54, 1.807) is 0 Å². The molecule has 0 saturated heterocycles. The number of hydrogen-bond donors (Lipinski definition) is 0. The molecule has 0 unspecified atom stereocenters. The van der Waals surface area contributed by atoms with Crippen molar-refractivity contribution >= 4 is 120 Å². The summed E-state index contributed by atoms with van der Waals surface area (Å²) in [7, 11) is 0. The fraction of sp³-hybridized carbons (Fsp3) is 0.195. The quantitative estimate of drug-likeness (QED) is 0.176. The van der Waals surface area contributed by atoms with Gasteiger partial charge in [0.15, 0.2) is 0 Å². The van der Waals surface area contributed by atoms with Crippen LogP contribution in [-0.4, -0.2) is 8.80 Å². The monoisotopic (exact) mass is 1110 g/mol. The highest BCUT2D eigenvalue weighted by Gasteiger charge is 2.31. The van der Waals surface area contributed by atoms with Gasteiger partial charge >= 0.3 is 0 Å². The molecule has 6 heterocycles. The molecular weight excluding hydrogens is 1040 g/mol. The Morgan fingerprint density at radius 1 is 0.244 bits per heavy atom. The molecule has 0 aliphatic carbocycles. The Labute approximate surface area is 500 Å². The van der Waals surface area contributed by atoms with Crippen molar-refractivity contribution in [3.05, 3.63) is 216 Å². The average molecular weight is 1110 g/mol. The SMILES string of the molecule is CC(C)(C)c1cc(-c2ccc3c4c5c6ccc(-c7cccc8oc9ccccc9c78)cc6n6c7cc(-c8cc(C(C)(C)C)cc(C(C)(C)C)c8)ccc7c(c7c8ccc(-c9cccc%10oc%11ccccc%11c9%10)cc8n(c3c2)c47)c56)cc(C(C)(C)C)c1. The fourth-order valence-corrected chi connectivity index (χ4v) is 14.7. The minimum Gasteiger partial charge on any atom is -0.456 e. The van der Waals surface area contributed by atoms with Crippen molar-refractivity contribution in [3.63, 3.8) is 0 Å². The second-order valence-corrected chi connectivity index (χ2v) is 28.9. The van der Waals surface area contributed by atoms with Gasteiger partial charge in [-0.2, -0.15) is 0 Å². The van der Waals surface area contributed by atoms with Crippen LogP contribution >= 0.6 is 0 Å². The van der Waals surface area contributed by atoms with E-state index >= 15 is 0 Å². The summed E-state index contributed by atoms with van der Waals surface area (Å²) in [6.07, 6.45) is 0. The molecule has 0 aliphatic rings. The molecule has 4 heteroatoms. The molecular formula is C82H68N2O2. The Kier molecular flexibility index (Phi) is 10.2. The lowest BCUT2D eigenvalue weighted by atomic mass is 9.79. The lowest BCUT2D eigenvalue weighted by Gasteiger charge is -2.26. The second kappa shape index (κ2) is 17.2. The number of para-hydroxylation sites is 2. The van der Waals surface area contributed by atoms with Crippen LogP contribution in [0.1, 0.15) is 105 Å².